The number of thiazole rings is 1. The minimum Gasteiger partial charge on any atom is -0.494 e. The molecule has 0 radical (unpaired) electrons. The maximum Gasteiger partial charge on any atom is 0.272 e. The number of thioether (sulfide) groups is 1. The van der Waals surface area contributed by atoms with Crippen molar-refractivity contribution in [3.63, 3.8) is 0 Å². The predicted octanol–water partition coefficient (Wildman–Crippen LogP) is 7.36. The van der Waals surface area contributed by atoms with Gasteiger partial charge in [0.2, 0.25) is 5.91 Å². The molecule has 0 bridgehead atoms. The van der Waals surface area contributed by atoms with E-state index in [1.165, 1.54) is 53.4 Å². The Morgan fingerprint density at radius 1 is 0.956 bits per heavy atom. The summed E-state index contributed by atoms with van der Waals surface area (Å²) in [6.45, 7) is 4.29. The van der Waals surface area contributed by atoms with Crippen LogP contribution in [0, 0.1) is 5.82 Å². The average molecular weight is 641 g/mol. The second-order valence-electron chi connectivity index (χ2n) is 9.74. The molecule has 0 aliphatic rings. The van der Waals surface area contributed by atoms with E-state index in [4.69, 9.17) is 4.74 Å². The normalized spacial score (nSPS) is 11.9. The smallest absolute Gasteiger partial charge is 0.272 e. The molecule has 3 amide bonds. The molecule has 5 rings (SSSR count). The number of nitrogens with one attached hydrogen (secondary N) is 3. The SMILES string of the molecule is CCOc1ccc2nc(NC(=O)C(C)Sc3ccc(NC(=O)/C(=C/c4ccc(F)cc4)NC(=O)c4ccccc4)cc3)sc2c1. The summed E-state index contributed by atoms with van der Waals surface area (Å²) in [5.74, 6) is -0.858. The second-order valence-corrected chi connectivity index (χ2v) is 12.2. The summed E-state index contributed by atoms with van der Waals surface area (Å²) in [6, 6.07) is 26.7. The monoisotopic (exact) mass is 640 g/mol. The van der Waals surface area contributed by atoms with Crippen LogP contribution in [-0.2, 0) is 9.59 Å². The van der Waals surface area contributed by atoms with Crippen molar-refractivity contribution in [2.75, 3.05) is 17.2 Å². The fourth-order valence-electron chi connectivity index (χ4n) is 4.16. The van der Waals surface area contributed by atoms with E-state index in [1.54, 1.807) is 61.5 Å². The van der Waals surface area contributed by atoms with Crippen LogP contribution in [0.15, 0.2) is 108 Å². The number of carbonyl (C=O) groups is 3. The lowest BCUT2D eigenvalue weighted by atomic mass is 10.1. The zero-order valence-corrected chi connectivity index (χ0v) is 26.0. The molecule has 3 N–H and O–H groups in total. The van der Waals surface area contributed by atoms with Crippen LogP contribution in [-0.4, -0.2) is 34.6 Å². The number of fused-ring (bicyclic) bond motifs is 1. The van der Waals surface area contributed by atoms with Gasteiger partial charge in [0.05, 0.1) is 22.1 Å². The molecule has 0 saturated heterocycles. The van der Waals surface area contributed by atoms with E-state index >= 15 is 0 Å². The van der Waals surface area contributed by atoms with Crippen LogP contribution in [0.3, 0.4) is 0 Å². The van der Waals surface area contributed by atoms with E-state index in [2.05, 4.69) is 20.9 Å². The zero-order chi connectivity index (χ0) is 31.8. The van der Waals surface area contributed by atoms with Crippen molar-refractivity contribution in [2.24, 2.45) is 0 Å². The molecule has 228 valence electrons. The summed E-state index contributed by atoms with van der Waals surface area (Å²) in [7, 11) is 0. The Morgan fingerprint density at radius 2 is 1.69 bits per heavy atom. The van der Waals surface area contributed by atoms with Gasteiger partial charge in [-0.15, -0.1) is 11.8 Å². The third-order valence-electron chi connectivity index (χ3n) is 6.41. The molecular formula is C34H29FN4O4S2. The van der Waals surface area contributed by atoms with Crippen molar-refractivity contribution < 1.29 is 23.5 Å². The number of benzene rings is 4. The van der Waals surface area contributed by atoms with Crippen LogP contribution >= 0.6 is 23.1 Å². The summed E-state index contributed by atoms with van der Waals surface area (Å²) in [5, 5.41) is 8.43. The van der Waals surface area contributed by atoms with Crippen LogP contribution in [0.5, 0.6) is 5.75 Å². The maximum absolute atomic E-state index is 13.4. The summed E-state index contributed by atoms with van der Waals surface area (Å²) >= 11 is 2.75. The van der Waals surface area contributed by atoms with Gasteiger partial charge >= 0.3 is 0 Å². The quantitative estimate of drug-likeness (QED) is 0.103. The highest BCUT2D eigenvalue weighted by atomic mass is 32.2. The highest BCUT2D eigenvalue weighted by Crippen LogP contribution is 2.31. The van der Waals surface area contributed by atoms with Gasteiger partial charge in [-0.25, -0.2) is 9.37 Å². The number of rotatable bonds is 11. The molecule has 1 aromatic heterocycles. The summed E-state index contributed by atoms with van der Waals surface area (Å²) in [5.41, 5.74) is 2.18. The molecule has 5 aromatic rings. The number of ether oxygens (including phenoxy) is 1. The maximum atomic E-state index is 13.4. The molecular weight excluding hydrogens is 612 g/mol. The molecule has 1 heterocycles. The van der Waals surface area contributed by atoms with Crippen molar-refractivity contribution in [1.82, 2.24) is 10.3 Å². The lowest BCUT2D eigenvalue weighted by molar-refractivity contribution is -0.115. The first kappa shape index (κ1) is 31.4. The largest absolute Gasteiger partial charge is 0.494 e. The summed E-state index contributed by atoms with van der Waals surface area (Å²) < 4.78 is 19.9. The number of carbonyl (C=O) groups excluding carboxylic acids is 3. The summed E-state index contributed by atoms with van der Waals surface area (Å²) in [6.07, 6.45) is 1.48. The van der Waals surface area contributed by atoms with E-state index in [-0.39, 0.29) is 11.6 Å². The number of hydrogen-bond acceptors (Lipinski definition) is 7. The Labute approximate surface area is 267 Å². The topological polar surface area (TPSA) is 109 Å². The fourth-order valence-corrected chi connectivity index (χ4v) is 5.93. The molecule has 4 aromatic carbocycles. The van der Waals surface area contributed by atoms with Gasteiger partial charge in [0.25, 0.3) is 11.8 Å². The number of hydrogen-bond donors (Lipinski definition) is 3. The Morgan fingerprint density at radius 3 is 2.40 bits per heavy atom. The number of halogens is 1. The molecule has 8 nitrogen and oxygen atoms in total. The van der Waals surface area contributed by atoms with E-state index in [0.717, 1.165) is 20.9 Å². The Hall–Kier alpha value is -5.00. The molecule has 0 aliphatic heterocycles. The minimum absolute atomic E-state index is 0.0110. The van der Waals surface area contributed by atoms with E-state index < -0.39 is 22.9 Å². The van der Waals surface area contributed by atoms with Crippen LogP contribution in [0.25, 0.3) is 16.3 Å². The average Bonchev–Trinajstić information content (AvgIpc) is 3.44. The molecule has 11 heteroatoms. The molecule has 0 spiro atoms. The van der Waals surface area contributed by atoms with Gasteiger partial charge in [-0.2, -0.15) is 0 Å². The first-order chi connectivity index (χ1) is 21.8. The number of aromatic nitrogens is 1. The minimum atomic E-state index is -0.555. The standard InChI is InChI=1S/C34H29FN4O4S2/c1-3-43-26-15-18-28-30(20-26)45-34(38-28)39-31(40)21(2)44-27-16-13-25(14-17-27)36-33(42)29(19-22-9-11-24(35)12-10-22)37-32(41)23-7-5-4-6-8-23/h4-21H,3H2,1-2H3,(H,36,42)(H,37,41)(H,38,39,40)/b29-19-. The first-order valence-corrected chi connectivity index (χ1v) is 15.7. The van der Waals surface area contributed by atoms with Crippen molar-refractivity contribution in [2.45, 2.75) is 24.0 Å². The van der Waals surface area contributed by atoms with Crippen molar-refractivity contribution in [3.8, 4) is 5.75 Å². The molecule has 1 atom stereocenters. The lowest BCUT2D eigenvalue weighted by Gasteiger charge is -2.13. The molecule has 0 aliphatic carbocycles. The lowest BCUT2D eigenvalue weighted by Crippen LogP contribution is -2.30. The van der Waals surface area contributed by atoms with Crippen LogP contribution in [0.2, 0.25) is 0 Å². The zero-order valence-electron chi connectivity index (χ0n) is 24.4. The van der Waals surface area contributed by atoms with Gasteiger partial charge < -0.3 is 20.7 Å². The predicted molar refractivity (Wildman–Crippen MR) is 178 cm³/mol. The van der Waals surface area contributed by atoms with E-state index in [1.807, 2.05) is 25.1 Å². The fraction of sp³-hybridized carbons (Fsp3) is 0.118. The Balaban J connectivity index is 1.22. The van der Waals surface area contributed by atoms with Crippen molar-refractivity contribution in [3.05, 3.63) is 120 Å². The highest BCUT2D eigenvalue weighted by molar-refractivity contribution is 8.00. The van der Waals surface area contributed by atoms with Crippen LogP contribution in [0.4, 0.5) is 15.2 Å². The molecule has 0 saturated carbocycles. The number of amides is 3. The Bertz CT molecular complexity index is 1840. The van der Waals surface area contributed by atoms with E-state index in [0.29, 0.717) is 28.6 Å². The third-order valence-corrected chi connectivity index (χ3v) is 8.45. The summed E-state index contributed by atoms with van der Waals surface area (Å²) in [4.78, 5) is 44.3. The molecule has 1 unspecified atom stereocenters. The highest BCUT2D eigenvalue weighted by Gasteiger charge is 2.18. The van der Waals surface area contributed by atoms with E-state index in [9.17, 15) is 18.8 Å². The molecule has 45 heavy (non-hydrogen) atoms. The second kappa shape index (κ2) is 14.7. The van der Waals surface area contributed by atoms with Gasteiger partial charge in [-0.05, 0) is 92.2 Å². The number of nitrogens with zero attached hydrogens (tertiary/aromatic N) is 1. The van der Waals surface area contributed by atoms with Gasteiger partial charge in [-0.1, -0.05) is 41.7 Å². The first-order valence-electron chi connectivity index (χ1n) is 14.0. The van der Waals surface area contributed by atoms with Gasteiger partial charge in [-0.3, -0.25) is 14.4 Å². The van der Waals surface area contributed by atoms with Crippen LogP contribution in [0.1, 0.15) is 29.8 Å². The van der Waals surface area contributed by atoms with Gasteiger partial charge in [0, 0.05) is 16.1 Å². The van der Waals surface area contributed by atoms with Crippen molar-refractivity contribution >= 4 is 67.9 Å². The molecule has 0 fully saturated rings. The third kappa shape index (κ3) is 8.55. The van der Waals surface area contributed by atoms with Gasteiger partial charge in [0.15, 0.2) is 5.13 Å². The number of anilines is 2. The van der Waals surface area contributed by atoms with Crippen molar-refractivity contribution in [1.29, 1.82) is 0 Å². The van der Waals surface area contributed by atoms with Gasteiger partial charge in [0.1, 0.15) is 17.3 Å². The Kier molecular flexibility index (Phi) is 10.2. The van der Waals surface area contributed by atoms with Crippen LogP contribution < -0.4 is 20.7 Å².